The van der Waals surface area contributed by atoms with Crippen LogP contribution in [-0.4, -0.2) is 6.04 Å². The molecule has 1 rings (SSSR count). The number of hydrogen-bond donors (Lipinski definition) is 1. The predicted molar refractivity (Wildman–Crippen MR) is 82.4 cm³/mol. The molecule has 1 aromatic rings. The van der Waals surface area contributed by atoms with Crippen LogP contribution in [0.5, 0.6) is 0 Å². The zero-order valence-electron chi connectivity index (χ0n) is 12.7. The minimum atomic E-state index is 0.241. The molecule has 0 heterocycles. The zero-order valence-corrected chi connectivity index (χ0v) is 12.7. The van der Waals surface area contributed by atoms with E-state index in [1.54, 1.807) is 0 Å². The molecule has 0 spiro atoms. The van der Waals surface area contributed by atoms with E-state index in [-0.39, 0.29) is 5.41 Å². The molecule has 0 radical (unpaired) electrons. The number of anilines is 1. The minimum Gasteiger partial charge on any atom is -0.382 e. The van der Waals surface area contributed by atoms with Crippen LogP contribution in [0.15, 0.2) is 24.3 Å². The van der Waals surface area contributed by atoms with Crippen LogP contribution in [0.4, 0.5) is 5.69 Å². The van der Waals surface area contributed by atoms with Gasteiger partial charge < -0.3 is 5.32 Å². The molecule has 0 aliphatic rings. The lowest BCUT2D eigenvalue weighted by Crippen LogP contribution is -2.19. The van der Waals surface area contributed by atoms with E-state index in [0.29, 0.717) is 6.04 Å². The van der Waals surface area contributed by atoms with Gasteiger partial charge in [-0.2, -0.15) is 0 Å². The smallest absolute Gasteiger partial charge is 0.0342 e. The van der Waals surface area contributed by atoms with Crippen LogP contribution in [0, 0.1) is 0 Å². The van der Waals surface area contributed by atoms with Gasteiger partial charge in [-0.25, -0.2) is 0 Å². The van der Waals surface area contributed by atoms with Crippen LogP contribution in [-0.2, 0) is 5.41 Å². The molecule has 102 valence electrons. The van der Waals surface area contributed by atoms with Crippen molar-refractivity contribution in [2.75, 3.05) is 5.32 Å². The number of nitrogens with one attached hydrogen (secondary N) is 1. The van der Waals surface area contributed by atoms with Crippen molar-refractivity contribution in [3.05, 3.63) is 29.8 Å². The molecular formula is C17H29N. The summed E-state index contributed by atoms with van der Waals surface area (Å²) < 4.78 is 0. The van der Waals surface area contributed by atoms with Gasteiger partial charge >= 0.3 is 0 Å². The molecule has 0 aromatic heterocycles. The molecule has 0 unspecified atom stereocenters. The lowest BCUT2D eigenvalue weighted by molar-refractivity contribution is 0.584. The third kappa shape index (κ3) is 4.72. The first-order valence-electron chi connectivity index (χ1n) is 7.34. The van der Waals surface area contributed by atoms with Crippen molar-refractivity contribution < 1.29 is 0 Å². The second-order valence-electron chi connectivity index (χ2n) is 6.25. The van der Waals surface area contributed by atoms with E-state index in [2.05, 4.69) is 64.2 Å². The van der Waals surface area contributed by atoms with Crippen molar-refractivity contribution in [3.63, 3.8) is 0 Å². The standard InChI is InChI=1S/C17H29N/c1-6-8-15(9-7-2)18-16-12-10-14(11-13-16)17(3,4)5/h10-13,15,18H,6-9H2,1-5H3. The molecule has 0 saturated carbocycles. The number of hydrogen-bond acceptors (Lipinski definition) is 1. The SMILES string of the molecule is CCCC(CCC)Nc1ccc(C(C)(C)C)cc1. The highest BCUT2D eigenvalue weighted by Gasteiger charge is 2.13. The van der Waals surface area contributed by atoms with Gasteiger partial charge in [0.2, 0.25) is 0 Å². The Balaban J connectivity index is 2.67. The predicted octanol–water partition coefficient (Wildman–Crippen LogP) is 5.36. The van der Waals surface area contributed by atoms with Crippen LogP contribution < -0.4 is 5.32 Å². The normalized spacial score (nSPS) is 11.9. The molecule has 0 fully saturated rings. The summed E-state index contributed by atoms with van der Waals surface area (Å²) in [5.41, 5.74) is 2.90. The Morgan fingerprint density at radius 2 is 1.44 bits per heavy atom. The summed E-state index contributed by atoms with van der Waals surface area (Å²) in [5.74, 6) is 0. The molecule has 18 heavy (non-hydrogen) atoms. The number of benzene rings is 1. The van der Waals surface area contributed by atoms with Crippen molar-refractivity contribution in [2.45, 2.75) is 71.8 Å². The van der Waals surface area contributed by atoms with Crippen LogP contribution in [0.1, 0.15) is 65.9 Å². The summed E-state index contributed by atoms with van der Waals surface area (Å²) in [7, 11) is 0. The fourth-order valence-corrected chi connectivity index (χ4v) is 2.29. The summed E-state index contributed by atoms with van der Waals surface area (Å²) >= 11 is 0. The largest absolute Gasteiger partial charge is 0.382 e. The second kappa shape index (κ2) is 6.82. The van der Waals surface area contributed by atoms with E-state index in [4.69, 9.17) is 0 Å². The van der Waals surface area contributed by atoms with Gasteiger partial charge in [-0.15, -0.1) is 0 Å². The van der Waals surface area contributed by atoms with E-state index in [9.17, 15) is 0 Å². The Morgan fingerprint density at radius 3 is 1.83 bits per heavy atom. The Bertz CT molecular complexity index is 326. The Labute approximate surface area is 113 Å². The van der Waals surface area contributed by atoms with Crippen molar-refractivity contribution in [1.29, 1.82) is 0 Å². The molecule has 0 atom stereocenters. The summed E-state index contributed by atoms with van der Waals surface area (Å²) in [4.78, 5) is 0. The van der Waals surface area contributed by atoms with Gasteiger partial charge in [0.1, 0.15) is 0 Å². The lowest BCUT2D eigenvalue weighted by atomic mass is 9.87. The highest BCUT2D eigenvalue weighted by atomic mass is 14.9. The monoisotopic (exact) mass is 247 g/mol. The summed E-state index contributed by atoms with van der Waals surface area (Å²) in [6, 6.07) is 9.56. The maximum atomic E-state index is 3.66. The van der Waals surface area contributed by atoms with Gasteiger partial charge in [-0.05, 0) is 36.0 Å². The summed E-state index contributed by atoms with van der Waals surface area (Å²) in [6.07, 6.45) is 5.01. The van der Waals surface area contributed by atoms with Gasteiger partial charge in [0, 0.05) is 11.7 Å². The fourth-order valence-electron chi connectivity index (χ4n) is 2.29. The Hall–Kier alpha value is -0.980. The van der Waals surface area contributed by atoms with Crippen LogP contribution in [0.2, 0.25) is 0 Å². The van der Waals surface area contributed by atoms with Crippen LogP contribution in [0.25, 0.3) is 0 Å². The second-order valence-corrected chi connectivity index (χ2v) is 6.25. The Morgan fingerprint density at radius 1 is 0.944 bits per heavy atom. The van der Waals surface area contributed by atoms with E-state index >= 15 is 0 Å². The topological polar surface area (TPSA) is 12.0 Å². The quantitative estimate of drug-likeness (QED) is 0.713. The van der Waals surface area contributed by atoms with Gasteiger partial charge in [-0.3, -0.25) is 0 Å². The first kappa shape index (κ1) is 15.1. The van der Waals surface area contributed by atoms with E-state index in [1.807, 2.05) is 0 Å². The third-order valence-electron chi connectivity index (χ3n) is 3.40. The van der Waals surface area contributed by atoms with Gasteiger partial charge in [0.05, 0.1) is 0 Å². The average molecular weight is 247 g/mol. The van der Waals surface area contributed by atoms with E-state index < -0.39 is 0 Å². The summed E-state index contributed by atoms with van der Waals surface area (Å²) in [5, 5.41) is 3.66. The number of rotatable bonds is 6. The first-order chi connectivity index (χ1) is 8.47. The van der Waals surface area contributed by atoms with Crippen molar-refractivity contribution in [2.24, 2.45) is 0 Å². The van der Waals surface area contributed by atoms with E-state index in [0.717, 1.165) is 0 Å². The molecule has 1 heteroatoms. The molecule has 0 amide bonds. The zero-order chi connectivity index (χ0) is 13.6. The molecular weight excluding hydrogens is 218 g/mol. The molecule has 0 aliphatic heterocycles. The van der Waals surface area contributed by atoms with Crippen molar-refractivity contribution in [1.82, 2.24) is 0 Å². The summed E-state index contributed by atoms with van der Waals surface area (Å²) in [6.45, 7) is 11.3. The molecule has 0 aliphatic carbocycles. The maximum Gasteiger partial charge on any atom is 0.0342 e. The van der Waals surface area contributed by atoms with Gasteiger partial charge in [-0.1, -0.05) is 59.6 Å². The van der Waals surface area contributed by atoms with Crippen molar-refractivity contribution in [3.8, 4) is 0 Å². The molecule has 1 nitrogen and oxygen atoms in total. The maximum absolute atomic E-state index is 3.66. The van der Waals surface area contributed by atoms with E-state index in [1.165, 1.54) is 36.9 Å². The Kier molecular flexibility index (Phi) is 5.71. The van der Waals surface area contributed by atoms with Crippen LogP contribution in [0.3, 0.4) is 0 Å². The van der Waals surface area contributed by atoms with Crippen molar-refractivity contribution >= 4 is 5.69 Å². The van der Waals surface area contributed by atoms with Gasteiger partial charge in [0.25, 0.3) is 0 Å². The third-order valence-corrected chi connectivity index (χ3v) is 3.40. The first-order valence-corrected chi connectivity index (χ1v) is 7.34. The highest BCUT2D eigenvalue weighted by Crippen LogP contribution is 2.24. The molecule has 1 aromatic carbocycles. The van der Waals surface area contributed by atoms with Gasteiger partial charge in [0.15, 0.2) is 0 Å². The van der Waals surface area contributed by atoms with Crippen LogP contribution >= 0.6 is 0 Å². The fraction of sp³-hybridized carbons (Fsp3) is 0.647. The lowest BCUT2D eigenvalue weighted by Gasteiger charge is -2.21. The average Bonchev–Trinajstić information content (AvgIpc) is 2.29. The molecule has 0 saturated heterocycles. The molecule has 0 bridgehead atoms. The minimum absolute atomic E-state index is 0.241. The highest BCUT2D eigenvalue weighted by molar-refractivity contribution is 5.46. The molecule has 1 N–H and O–H groups in total.